The van der Waals surface area contributed by atoms with Crippen LogP contribution >= 0.6 is 12.6 Å². The highest BCUT2D eigenvalue weighted by Gasteiger charge is 2.21. The molecule has 8 nitrogen and oxygen atoms in total. The Balaban J connectivity index is 0.000000347. The number of aromatic nitrogens is 8. The zero-order valence-electron chi connectivity index (χ0n) is 25.7. The molecule has 8 aromatic rings. The van der Waals surface area contributed by atoms with Crippen molar-refractivity contribution in [2.24, 2.45) is 0 Å². The van der Waals surface area contributed by atoms with Gasteiger partial charge in [-0.2, -0.15) is 0 Å². The molecule has 5 aromatic carbocycles. The van der Waals surface area contributed by atoms with Crippen LogP contribution in [0.2, 0.25) is 0 Å². The second kappa shape index (κ2) is 11.3. The molecule has 0 amide bonds. The Morgan fingerprint density at radius 3 is 0.958 bits per heavy atom. The van der Waals surface area contributed by atoms with Crippen LogP contribution in [0.4, 0.5) is 0 Å². The lowest BCUT2D eigenvalue weighted by Crippen LogP contribution is -1.82. The summed E-state index contributed by atoms with van der Waals surface area (Å²) < 4.78 is 0. The molecule has 9 heteroatoms. The molecule has 0 saturated heterocycles. The minimum absolute atomic E-state index is 0.597. The second-order valence-electron chi connectivity index (χ2n) is 11.6. The largest absolute Gasteiger partial charge is 0.324 e. The quantitative estimate of drug-likeness (QED) is 0.143. The highest BCUT2D eigenvalue weighted by Crippen LogP contribution is 2.36. The fourth-order valence-electron chi connectivity index (χ4n) is 6.14. The van der Waals surface area contributed by atoms with Crippen LogP contribution in [0, 0.1) is 6.92 Å². The molecule has 0 radical (unpaired) electrons. The summed E-state index contributed by atoms with van der Waals surface area (Å²) in [6.45, 7) is 2.06. The van der Waals surface area contributed by atoms with Gasteiger partial charge in [0, 0.05) is 48.7 Å². The highest BCUT2D eigenvalue weighted by molar-refractivity contribution is 7.80. The van der Waals surface area contributed by atoms with Crippen molar-refractivity contribution in [2.45, 2.75) is 11.8 Å². The molecule has 2 aliphatic rings. The van der Waals surface area contributed by atoms with E-state index in [1.165, 1.54) is 5.56 Å². The van der Waals surface area contributed by atoms with Gasteiger partial charge in [-0.3, -0.25) is 0 Å². The number of hydrogen-bond acceptors (Lipinski definition) is 7. The van der Waals surface area contributed by atoms with Crippen LogP contribution in [0.25, 0.3) is 89.7 Å². The van der Waals surface area contributed by atoms with Crippen LogP contribution in [-0.2, 0) is 0 Å². The van der Waals surface area contributed by atoms with Crippen LogP contribution in [0.3, 0.4) is 0 Å². The van der Waals surface area contributed by atoms with Gasteiger partial charge in [0.25, 0.3) is 0 Å². The normalized spacial score (nSPS) is 11.5. The Morgan fingerprint density at radius 2 is 0.667 bits per heavy atom. The fraction of sp³-hybridized carbons (Fsp3) is 0.0256. The third-order valence-electron chi connectivity index (χ3n) is 8.49. The number of thiol groups is 1. The predicted octanol–water partition coefficient (Wildman–Crippen LogP) is 9.15. The molecule has 228 valence electrons. The number of hydrogen-bond donors (Lipinski definition) is 3. The lowest BCUT2D eigenvalue weighted by Gasteiger charge is -1.96. The average molecular weight is 639 g/mol. The van der Waals surface area contributed by atoms with Crippen LogP contribution in [0.5, 0.6) is 0 Å². The van der Waals surface area contributed by atoms with Crippen molar-refractivity contribution >= 4 is 56.8 Å². The topological polar surface area (TPSA) is 109 Å². The molecule has 0 saturated carbocycles. The van der Waals surface area contributed by atoms with Gasteiger partial charge in [0.15, 0.2) is 23.3 Å². The molecule has 8 bridgehead atoms. The molecule has 0 aliphatic carbocycles. The maximum absolute atomic E-state index is 5.02. The minimum atomic E-state index is 0.597. The van der Waals surface area contributed by atoms with E-state index in [-0.39, 0.29) is 0 Å². The molecular weight excluding hydrogens is 613 g/mol. The summed E-state index contributed by atoms with van der Waals surface area (Å²) in [5, 5.41) is 3.82. The maximum Gasteiger partial charge on any atom is 0.164 e. The molecule has 5 heterocycles. The number of aryl methyl sites for hydroxylation is 1. The molecule has 48 heavy (non-hydrogen) atoms. The number of fused-ring (bicyclic) bond motifs is 20. The van der Waals surface area contributed by atoms with Gasteiger partial charge in [-0.05, 0) is 19.1 Å². The number of nitrogens with zero attached hydrogens (tertiary/aromatic N) is 6. The smallest absolute Gasteiger partial charge is 0.164 e. The first kappa shape index (κ1) is 28.1. The second-order valence-corrected chi connectivity index (χ2v) is 12.1. The summed E-state index contributed by atoms with van der Waals surface area (Å²) in [5.74, 6) is 2.39. The van der Waals surface area contributed by atoms with Crippen LogP contribution in [0.1, 0.15) is 5.56 Å². The van der Waals surface area contributed by atoms with Gasteiger partial charge in [-0.25, -0.2) is 29.9 Å². The van der Waals surface area contributed by atoms with E-state index in [1.807, 2.05) is 121 Å². The van der Waals surface area contributed by atoms with Crippen molar-refractivity contribution < 1.29 is 0 Å². The minimum Gasteiger partial charge on any atom is -0.324 e. The van der Waals surface area contributed by atoms with E-state index in [1.54, 1.807) is 0 Å². The standard InChI is InChI=1S/C32H18N8.C7H8S/c1-2-10-18-17(9-1)25-33-26(18)38-28-21-13-5-6-14-22(21)30(35-28)40-32-24-16-8-7-15-23(24)31(36-32)39-29-20-12-4-3-11-19(20)27(34-29)37-25;1-6-2-4-7(8)5-3-6/h1-16H,(H2,33,34,35,36,37,38,39,40);2-5,8H,1H3. The van der Waals surface area contributed by atoms with E-state index in [0.29, 0.717) is 45.9 Å². The van der Waals surface area contributed by atoms with Crippen molar-refractivity contribution in [3.63, 3.8) is 0 Å². The van der Waals surface area contributed by atoms with Crippen molar-refractivity contribution in [3.8, 4) is 45.6 Å². The van der Waals surface area contributed by atoms with Gasteiger partial charge in [-0.1, -0.05) is 115 Å². The number of aromatic amines is 2. The molecule has 2 N–H and O–H groups in total. The van der Waals surface area contributed by atoms with Crippen molar-refractivity contribution in [1.82, 2.24) is 39.9 Å². The maximum atomic E-state index is 5.02. The zero-order valence-corrected chi connectivity index (χ0v) is 26.6. The molecule has 0 unspecified atom stereocenters. The van der Waals surface area contributed by atoms with E-state index in [4.69, 9.17) is 29.9 Å². The van der Waals surface area contributed by atoms with Crippen molar-refractivity contribution in [2.75, 3.05) is 0 Å². The van der Waals surface area contributed by atoms with E-state index < -0.39 is 0 Å². The summed E-state index contributed by atoms with van der Waals surface area (Å²) in [5.41, 5.74) is 7.73. The molecule has 0 atom stereocenters. The predicted molar refractivity (Wildman–Crippen MR) is 194 cm³/mol. The summed E-state index contributed by atoms with van der Waals surface area (Å²) >= 11 is 4.13. The van der Waals surface area contributed by atoms with Crippen molar-refractivity contribution in [1.29, 1.82) is 0 Å². The monoisotopic (exact) mass is 638 g/mol. The Bertz CT molecular complexity index is 2370. The number of rotatable bonds is 0. The lowest BCUT2D eigenvalue weighted by molar-refractivity contribution is 1.19. The summed E-state index contributed by atoms with van der Waals surface area (Å²) in [7, 11) is 0. The van der Waals surface area contributed by atoms with Gasteiger partial charge in [0.2, 0.25) is 0 Å². The Kier molecular flexibility index (Phi) is 6.58. The third kappa shape index (κ3) is 4.80. The molecule has 0 fully saturated rings. The number of benzene rings is 5. The molecular formula is C39H26N8S. The van der Waals surface area contributed by atoms with E-state index in [2.05, 4.69) is 29.5 Å². The van der Waals surface area contributed by atoms with Crippen LogP contribution in [-0.4, -0.2) is 39.9 Å². The van der Waals surface area contributed by atoms with E-state index >= 15 is 0 Å². The number of H-pyrrole nitrogens is 2. The first-order valence-electron chi connectivity index (χ1n) is 15.5. The van der Waals surface area contributed by atoms with Crippen LogP contribution in [0.15, 0.2) is 126 Å². The summed E-state index contributed by atoms with van der Waals surface area (Å²) in [6, 6.07) is 40.3. The van der Waals surface area contributed by atoms with Gasteiger partial charge >= 0.3 is 0 Å². The Labute approximate surface area is 280 Å². The van der Waals surface area contributed by atoms with Gasteiger partial charge < -0.3 is 9.97 Å². The molecule has 0 spiro atoms. The Morgan fingerprint density at radius 1 is 0.375 bits per heavy atom. The average Bonchev–Trinajstić information content (AvgIpc) is 3.86. The SMILES string of the molecule is Cc1ccc(S)cc1.c1ccc2c(c1)-c1nc-2nc2[nH]c(nc3nc(nc4[nH]c(n1)c1ccccc41)-c1ccccc1-3)c1ccccc21. The lowest BCUT2D eigenvalue weighted by atomic mass is 10.1. The van der Waals surface area contributed by atoms with Crippen molar-refractivity contribution in [3.05, 3.63) is 127 Å². The van der Waals surface area contributed by atoms with E-state index in [9.17, 15) is 0 Å². The molecule has 10 rings (SSSR count). The van der Waals surface area contributed by atoms with E-state index in [0.717, 1.165) is 48.7 Å². The van der Waals surface area contributed by atoms with Gasteiger partial charge in [0.1, 0.15) is 22.6 Å². The molecule has 3 aromatic heterocycles. The van der Waals surface area contributed by atoms with Gasteiger partial charge in [0.05, 0.1) is 0 Å². The number of nitrogens with one attached hydrogen (secondary N) is 2. The van der Waals surface area contributed by atoms with Crippen LogP contribution < -0.4 is 0 Å². The summed E-state index contributed by atoms with van der Waals surface area (Å²) in [4.78, 5) is 37.8. The Hall–Kier alpha value is -6.19. The molecule has 2 aliphatic heterocycles. The van der Waals surface area contributed by atoms with Gasteiger partial charge in [-0.15, -0.1) is 12.6 Å². The first-order valence-corrected chi connectivity index (χ1v) is 16.0. The highest BCUT2D eigenvalue weighted by atomic mass is 32.1. The third-order valence-corrected chi connectivity index (χ3v) is 8.79. The zero-order chi connectivity index (χ0) is 32.2. The fourth-order valence-corrected chi connectivity index (χ4v) is 6.28. The summed E-state index contributed by atoms with van der Waals surface area (Å²) in [6.07, 6.45) is 0. The first-order chi connectivity index (χ1) is 23.6.